The highest BCUT2D eigenvalue weighted by molar-refractivity contribution is 5.58. The van der Waals surface area contributed by atoms with E-state index in [2.05, 4.69) is 21.3 Å². The average molecular weight is 256 g/mol. The monoisotopic (exact) mass is 256 g/mol. The molecule has 19 heavy (non-hydrogen) atoms. The first-order chi connectivity index (χ1) is 9.40. The maximum absolute atomic E-state index is 9.28. The lowest BCUT2D eigenvalue weighted by Crippen LogP contribution is -2.50. The van der Waals surface area contributed by atoms with Crippen LogP contribution in [0.15, 0.2) is 18.5 Å². The van der Waals surface area contributed by atoms with Crippen molar-refractivity contribution in [1.29, 1.82) is 5.26 Å². The van der Waals surface area contributed by atoms with Crippen LogP contribution in [-0.2, 0) is 0 Å². The zero-order valence-corrected chi connectivity index (χ0v) is 11.2. The number of anilines is 1. The molecule has 2 aliphatic rings. The molecule has 2 saturated heterocycles. The molecule has 3 rings (SSSR count). The van der Waals surface area contributed by atoms with E-state index in [0.29, 0.717) is 12.1 Å². The van der Waals surface area contributed by atoms with E-state index in [-0.39, 0.29) is 0 Å². The maximum atomic E-state index is 9.28. The summed E-state index contributed by atoms with van der Waals surface area (Å²) in [7, 11) is 0. The van der Waals surface area contributed by atoms with Gasteiger partial charge in [-0.1, -0.05) is 0 Å². The van der Waals surface area contributed by atoms with Crippen molar-refractivity contribution in [2.24, 2.45) is 0 Å². The van der Waals surface area contributed by atoms with Gasteiger partial charge in [-0.2, -0.15) is 5.26 Å². The first kappa shape index (κ1) is 12.4. The second-order valence-corrected chi connectivity index (χ2v) is 5.46. The fourth-order valence-corrected chi connectivity index (χ4v) is 3.42. The predicted molar refractivity (Wildman–Crippen MR) is 75.0 cm³/mol. The lowest BCUT2D eigenvalue weighted by Gasteiger charge is -2.41. The van der Waals surface area contributed by atoms with Crippen LogP contribution in [-0.4, -0.2) is 30.2 Å². The third-order valence-electron chi connectivity index (χ3n) is 4.34. The fourth-order valence-electron chi connectivity index (χ4n) is 3.42. The number of piperidine rings is 1. The van der Waals surface area contributed by atoms with Crippen molar-refractivity contribution in [3.63, 3.8) is 0 Å². The summed E-state index contributed by atoms with van der Waals surface area (Å²) < 4.78 is 0. The molecule has 0 bridgehead atoms. The van der Waals surface area contributed by atoms with Crippen LogP contribution < -0.4 is 10.2 Å². The summed E-state index contributed by atoms with van der Waals surface area (Å²) in [5.74, 6) is 0. The van der Waals surface area contributed by atoms with E-state index in [4.69, 9.17) is 0 Å². The second kappa shape index (κ2) is 5.58. The molecular weight excluding hydrogens is 236 g/mol. The Hall–Kier alpha value is -1.60. The molecule has 1 aromatic heterocycles. The molecule has 2 unspecified atom stereocenters. The zero-order chi connectivity index (χ0) is 13.1. The minimum absolute atomic E-state index is 0.521. The third-order valence-corrected chi connectivity index (χ3v) is 4.34. The standard InChI is InChI=1S/C15H20N4/c16-10-12-6-8-17-11-15(12)19-9-2-1-5-14(19)13-4-3-7-18-13/h6,8,11,13-14,18H,1-5,7,9H2. The quantitative estimate of drug-likeness (QED) is 0.880. The van der Waals surface area contributed by atoms with Crippen LogP contribution in [0.1, 0.15) is 37.7 Å². The molecule has 2 fully saturated rings. The van der Waals surface area contributed by atoms with Crippen LogP contribution in [0.3, 0.4) is 0 Å². The molecule has 0 radical (unpaired) electrons. The number of nitrogens with zero attached hydrogens (tertiary/aromatic N) is 3. The summed E-state index contributed by atoms with van der Waals surface area (Å²) in [6, 6.07) is 5.22. The number of hydrogen-bond donors (Lipinski definition) is 1. The van der Waals surface area contributed by atoms with E-state index < -0.39 is 0 Å². The molecule has 2 aliphatic heterocycles. The number of aromatic nitrogens is 1. The van der Waals surface area contributed by atoms with E-state index in [0.717, 1.165) is 24.3 Å². The number of nitrogens with one attached hydrogen (secondary N) is 1. The maximum Gasteiger partial charge on any atom is 0.101 e. The van der Waals surface area contributed by atoms with Gasteiger partial charge >= 0.3 is 0 Å². The number of nitriles is 1. The van der Waals surface area contributed by atoms with Crippen LogP contribution in [0.4, 0.5) is 5.69 Å². The van der Waals surface area contributed by atoms with E-state index in [1.807, 2.05) is 12.3 Å². The predicted octanol–water partition coefficient (Wildman–Crippen LogP) is 2.06. The molecule has 0 aromatic carbocycles. The van der Waals surface area contributed by atoms with E-state index >= 15 is 0 Å². The number of hydrogen-bond acceptors (Lipinski definition) is 4. The normalized spacial score (nSPS) is 27.2. The second-order valence-electron chi connectivity index (χ2n) is 5.46. The van der Waals surface area contributed by atoms with Crippen LogP contribution >= 0.6 is 0 Å². The smallest absolute Gasteiger partial charge is 0.101 e. The highest BCUT2D eigenvalue weighted by atomic mass is 15.2. The molecule has 0 saturated carbocycles. The first-order valence-corrected chi connectivity index (χ1v) is 7.24. The van der Waals surface area contributed by atoms with Gasteiger partial charge in [-0.25, -0.2) is 0 Å². The Labute approximate surface area is 114 Å². The van der Waals surface area contributed by atoms with Gasteiger partial charge in [-0.05, 0) is 44.7 Å². The summed E-state index contributed by atoms with van der Waals surface area (Å²) in [6.45, 7) is 2.18. The van der Waals surface area contributed by atoms with Crippen molar-refractivity contribution in [2.45, 2.75) is 44.2 Å². The fraction of sp³-hybridized carbons (Fsp3) is 0.600. The van der Waals surface area contributed by atoms with Gasteiger partial charge in [-0.15, -0.1) is 0 Å². The molecule has 0 spiro atoms. The average Bonchev–Trinajstić information content (AvgIpc) is 3.01. The van der Waals surface area contributed by atoms with Crippen molar-refractivity contribution in [2.75, 3.05) is 18.0 Å². The third kappa shape index (κ3) is 2.43. The summed E-state index contributed by atoms with van der Waals surface area (Å²) in [6.07, 6.45) is 9.80. The largest absolute Gasteiger partial charge is 0.365 e. The van der Waals surface area contributed by atoms with Crippen molar-refractivity contribution in [1.82, 2.24) is 10.3 Å². The van der Waals surface area contributed by atoms with Gasteiger partial charge in [-0.3, -0.25) is 4.98 Å². The molecule has 4 heteroatoms. The highest BCUT2D eigenvalue weighted by Gasteiger charge is 2.32. The Morgan fingerprint density at radius 2 is 2.26 bits per heavy atom. The summed E-state index contributed by atoms with van der Waals surface area (Å²) in [5, 5.41) is 12.9. The van der Waals surface area contributed by atoms with Gasteiger partial charge in [0.05, 0.1) is 17.4 Å². The molecule has 0 aliphatic carbocycles. The molecule has 100 valence electrons. The molecular formula is C15H20N4. The lowest BCUT2D eigenvalue weighted by atomic mass is 9.93. The topological polar surface area (TPSA) is 52.0 Å². The SMILES string of the molecule is N#Cc1ccncc1N1CCCCC1C1CCCN1. The van der Waals surface area contributed by atoms with Crippen molar-refractivity contribution >= 4 is 5.69 Å². The first-order valence-electron chi connectivity index (χ1n) is 7.24. The number of rotatable bonds is 2. The van der Waals surface area contributed by atoms with E-state index in [1.54, 1.807) is 6.20 Å². The summed E-state index contributed by atoms with van der Waals surface area (Å²) in [4.78, 5) is 6.63. The van der Waals surface area contributed by atoms with Crippen LogP contribution in [0.2, 0.25) is 0 Å². The minimum atomic E-state index is 0.521. The Balaban J connectivity index is 1.89. The molecule has 2 atom stereocenters. The zero-order valence-electron chi connectivity index (χ0n) is 11.2. The lowest BCUT2D eigenvalue weighted by molar-refractivity contribution is 0.378. The van der Waals surface area contributed by atoms with Gasteiger partial charge in [0.15, 0.2) is 0 Å². The van der Waals surface area contributed by atoms with Crippen molar-refractivity contribution in [3.8, 4) is 6.07 Å². The molecule has 1 N–H and O–H groups in total. The van der Waals surface area contributed by atoms with Gasteiger partial charge in [0, 0.05) is 24.8 Å². The molecule has 3 heterocycles. The Morgan fingerprint density at radius 1 is 1.32 bits per heavy atom. The van der Waals surface area contributed by atoms with E-state index in [1.165, 1.54) is 32.1 Å². The molecule has 1 aromatic rings. The minimum Gasteiger partial charge on any atom is -0.365 e. The molecule has 0 amide bonds. The summed E-state index contributed by atoms with van der Waals surface area (Å²) in [5.41, 5.74) is 1.77. The highest BCUT2D eigenvalue weighted by Crippen LogP contribution is 2.30. The summed E-state index contributed by atoms with van der Waals surface area (Å²) >= 11 is 0. The Kier molecular flexibility index (Phi) is 3.65. The van der Waals surface area contributed by atoms with Crippen LogP contribution in [0, 0.1) is 11.3 Å². The van der Waals surface area contributed by atoms with E-state index in [9.17, 15) is 5.26 Å². The van der Waals surface area contributed by atoms with Gasteiger partial charge in [0.25, 0.3) is 0 Å². The Bertz CT molecular complexity index is 473. The van der Waals surface area contributed by atoms with Crippen LogP contribution in [0.5, 0.6) is 0 Å². The van der Waals surface area contributed by atoms with Crippen LogP contribution in [0.25, 0.3) is 0 Å². The van der Waals surface area contributed by atoms with Crippen molar-refractivity contribution < 1.29 is 0 Å². The van der Waals surface area contributed by atoms with Gasteiger partial charge in [0.1, 0.15) is 6.07 Å². The van der Waals surface area contributed by atoms with Gasteiger partial charge in [0.2, 0.25) is 0 Å². The number of pyridine rings is 1. The Morgan fingerprint density at radius 3 is 3.05 bits per heavy atom. The molecule has 4 nitrogen and oxygen atoms in total. The van der Waals surface area contributed by atoms with Gasteiger partial charge < -0.3 is 10.2 Å². The van der Waals surface area contributed by atoms with Crippen molar-refractivity contribution in [3.05, 3.63) is 24.0 Å².